The van der Waals surface area contributed by atoms with Crippen LogP contribution >= 0.6 is 11.6 Å². The molecule has 38 heavy (non-hydrogen) atoms. The number of benzene rings is 2. The molecule has 0 radical (unpaired) electrons. The van der Waals surface area contributed by atoms with E-state index in [-0.39, 0.29) is 35.1 Å². The van der Waals surface area contributed by atoms with Crippen molar-refractivity contribution in [1.29, 1.82) is 5.26 Å². The molecule has 10 nitrogen and oxygen atoms in total. The molecule has 0 aliphatic carbocycles. The van der Waals surface area contributed by atoms with Gasteiger partial charge in [0.15, 0.2) is 5.41 Å². The number of aromatic nitrogens is 3. The standard InChI is InChI=1S/C27H19ClN6O4/c1-15-10-22-23(25(35)37-15)27(20(11-29)24(30)38-22)19-4-2-3-5-21(19)34(26(27)36)14-18-13-33(32-31-18)12-16-6-8-17(28)9-7-16/h2-10,13H,12,14,30H2,1H3. The van der Waals surface area contributed by atoms with Crippen LogP contribution in [0.3, 0.4) is 0 Å². The molecule has 6 rings (SSSR count). The fraction of sp³-hybridized carbons (Fsp3) is 0.148. The number of aryl methyl sites for hydroxylation is 1. The third kappa shape index (κ3) is 3.40. The molecule has 2 aliphatic rings. The Morgan fingerprint density at radius 3 is 2.66 bits per heavy atom. The van der Waals surface area contributed by atoms with Crippen LogP contribution in [0.25, 0.3) is 0 Å². The lowest BCUT2D eigenvalue weighted by molar-refractivity contribution is -0.121. The monoisotopic (exact) mass is 526 g/mol. The van der Waals surface area contributed by atoms with E-state index in [1.54, 1.807) is 54.2 Å². The van der Waals surface area contributed by atoms with Gasteiger partial charge in [0, 0.05) is 22.3 Å². The van der Waals surface area contributed by atoms with E-state index in [4.69, 9.17) is 26.5 Å². The van der Waals surface area contributed by atoms with Gasteiger partial charge in [-0.05, 0) is 30.7 Å². The molecule has 1 amide bonds. The summed E-state index contributed by atoms with van der Waals surface area (Å²) < 4.78 is 12.7. The van der Waals surface area contributed by atoms with Crippen molar-refractivity contribution in [2.24, 2.45) is 5.73 Å². The molecule has 0 saturated heterocycles. The van der Waals surface area contributed by atoms with Gasteiger partial charge in [0.1, 0.15) is 34.4 Å². The number of anilines is 1. The number of nitrogens with two attached hydrogens (primary N) is 1. The lowest BCUT2D eigenvalue weighted by Crippen LogP contribution is -2.48. The number of para-hydroxylation sites is 1. The molecule has 11 heteroatoms. The fourth-order valence-electron chi connectivity index (χ4n) is 5.14. The minimum atomic E-state index is -1.82. The van der Waals surface area contributed by atoms with E-state index >= 15 is 0 Å². The number of hydrogen-bond donors (Lipinski definition) is 1. The third-order valence-electron chi connectivity index (χ3n) is 6.70. The predicted octanol–water partition coefficient (Wildman–Crippen LogP) is 3.16. The van der Waals surface area contributed by atoms with Crippen molar-refractivity contribution in [3.63, 3.8) is 0 Å². The van der Waals surface area contributed by atoms with Crippen molar-refractivity contribution < 1.29 is 13.9 Å². The van der Waals surface area contributed by atoms with Crippen LogP contribution in [-0.2, 0) is 23.3 Å². The summed E-state index contributed by atoms with van der Waals surface area (Å²) in [5, 5.41) is 19.2. The van der Waals surface area contributed by atoms with Crippen molar-refractivity contribution in [3.05, 3.63) is 116 Å². The molecule has 2 aromatic carbocycles. The molecule has 4 heterocycles. The lowest BCUT2D eigenvalue weighted by Gasteiger charge is -2.33. The maximum absolute atomic E-state index is 14.4. The first-order valence-corrected chi connectivity index (χ1v) is 12.0. The van der Waals surface area contributed by atoms with E-state index in [0.29, 0.717) is 28.5 Å². The number of fused-ring (bicyclic) bond motifs is 4. The molecule has 0 fully saturated rings. The van der Waals surface area contributed by atoms with Gasteiger partial charge in [-0.25, -0.2) is 9.48 Å². The number of carbonyl (C=O) groups is 1. The van der Waals surface area contributed by atoms with Gasteiger partial charge in [0.2, 0.25) is 11.8 Å². The third-order valence-corrected chi connectivity index (χ3v) is 6.95. The topological polar surface area (TPSA) is 140 Å². The van der Waals surface area contributed by atoms with Crippen molar-refractivity contribution in [3.8, 4) is 11.8 Å². The highest BCUT2D eigenvalue weighted by Crippen LogP contribution is 2.54. The molecule has 1 spiro atoms. The first-order chi connectivity index (χ1) is 18.3. The van der Waals surface area contributed by atoms with Gasteiger partial charge in [0.05, 0.1) is 19.3 Å². The predicted molar refractivity (Wildman–Crippen MR) is 136 cm³/mol. The van der Waals surface area contributed by atoms with Gasteiger partial charge in [-0.15, -0.1) is 5.10 Å². The van der Waals surface area contributed by atoms with E-state index in [9.17, 15) is 14.9 Å². The quantitative estimate of drug-likeness (QED) is 0.427. The maximum Gasteiger partial charge on any atom is 0.344 e. The summed E-state index contributed by atoms with van der Waals surface area (Å²) in [6, 6.07) is 17.8. The molecular weight excluding hydrogens is 508 g/mol. The first-order valence-electron chi connectivity index (χ1n) is 11.6. The van der Waals surface area contributed by atoms with Crippen LogP contribution in [0.4, 0.5) is 5.69 Å². The summed E-state index contributed by atoms with van der Waals surface area (Å²) in [5.74, 6) is -0.422. The Hall–Kier alpha value is -4.88. The van der Waals surface area contributed by atoms with E-state index in [1.807, 2.05) is 18.2 Å². The Bertz CT molecular complexity index is 1750. The Morgan fingerprint density at radius 1 is 1.13 bits per heavy atom. The van der Waals surface area contributed by atoms with E-state index < -0.39 is 16.9 Å². The second-order valence-electron chi connectivity index (χ2n) is 9.03. The summed E-state index contributed by atoms with van der Waals surface area (Å²) in [4.78, 5) is 29.1. The Balaban J connectivity index is 1.45. The zero-order valence-corrected chi connectivity index (χ0v) is 20.8. The molecule has 4 aromatic rings. The van der Waals surface area contributed by atoms with Gasteiger partial charge in [0.25, 0.3) is 0 Å². The number of halogens is 1. The largest absolute Gasteiger partial charge is 0.440 e. The number of carbonyl (C=O) groups excluding carboxylic acids is 1. The molecule has 2 aliphatic heterocycles. The van der Waals surface area contributed by atoms with Gasteiger partial charge >= 0.3 is 5.63 Å². The van der Waals surface area contributed by atoms with Crippen LogP contribution in [0.5, 0.6) is 5.75 Å². The maximum atomic E-state index is 14.4. The van der Waals surface area contributed by atoms with E-state index in [0.717, 1.165) is 5.56 Å². The fourth-order valence-corrected chi connectivity index (χ4v) is 5.27. The minimum absolute atomic E-state index is 0.0458. The number of rotatable bonds is 4. The number of hydrogen-bond acceptors (Lipinski definition) is 8. The number of amides is 1. The van der Waals surface area contributed by atoms with Crippen molar-refractivity contribution >= 4 is 23.2 Å². The van der Waals surface area contributed by atoms with E-state index in [1.165, 1.54) is 11.0 Å². The van der Waals surface area contributed by atoms with Crippen molar-refractivity contribution in [2.45, 2.75) is 25.4 Å². The summed E-state index contributed by atoms with van der Waals surface area (Å²) >= 11 is 5.97. The van der Waals surface area contributed by atoms with Gasteiger partial charge in [-0.1, -0.05) is 47.1 Å². The van der Waals surface area contributed by atoms with Crippen LogP contribution in [0.1, 0.15) is 28.1 Å². The molecule has 1 atom stereocenters. The molecule has 2 N–H and O–H groups in total. The molecule has 2 aromatic heterocycles. The average molecular weight is 527 g/mol. The minimum Gasteiger partial charge on any atom is -0.440 e. The summed E-state index contributed by atoms with van der Waals surface area (Å²) in [6.07, 6.45) is 1.74. The SMILES string of the molecule is Cc1cc2c(c(=O)o1)C1(C(=O)N(Cc3cn(Cc4ccc(Cl)cc4)nn3)c3ccccc31)C(C#N)=C(N)O2. The number of ether oxygens (including phenoxy) is 1. The highest BCUT2D eigenvalue weighted by molar-refractivity contribution is 6.30. The second kappa shape index (κ2) is 8.61. The molecule has 1 unspecified atom stereocenters. The summed E-state index contributed by atoms with van der Waals surface area (Å²) in [5.41, 5.74) is 5.73. The number of nitrogens with zero attached hydrogens (tertiary/aromatic N) is 5. The van der Waals surface area contributed by atoms with Gasteiger partial charge < -0.3 is 19.8 Å². The summed E-state index contributed by atoms with van der Waals surface area (Å²) in [6.45, 7) is 2.09. The smallest absolute Gasteiger partial charge is 0.344 e. The average Bonchev–Trinajstić information content (AvgIpc) is 3.42. The Kier molecular flexibility index (Phi) is 5.33. The van der Waals surface area contributed by atoms with E-state index in [2.05, 4.69) is 10.3 Å². The first kappa shape index (κ1) is 23.5. The lowest BCUT2D eigenvalue weighted by atomic mass is 9.69. The van der Waals surface area contributed by atoms with Crippen molar-refractivity contribution in [2.75, 3.05) is 4.90 Å². The highest BCUT2D eigenvalue weighted by atomic mass is 35.5. The summed E-state index contributed by atoms with van der Waals surface area (Å²) in [7, 11) is 0. The zero-order chi connectivity index (χ0) is 26.6. The van der Waals surface area contributed by atoms with Crippen LogP contribution in [0.15, 0.2) is 81.5 Å². The Morgan fingerprint density at radius 2 is 1.89 bits per heavy atom. The van der Waals surface area contributed by atoms with Gasteiger partial charge in [-0.2, -0.15) is 5.26 Å². The van der Waals surface area contributed by atoms with Crippen LogP contribution in [0, 0.1) is 18.3 Å². The molecular formula is C27H19ClN6O4. The molecule has 188 valence electrons. The van der Waals surface area contributed by atoms with Crippen LogP contribution in [-0.4, -0.2) is 20.9 Å². The van der Waals surface area contributed by atoms with Crippen molar-refractivity contribution in [1.82, 2.24) is 15.0 Å². The van der Waals surface area contributed by atoms with Crippen LogP contribution < -0.4 is 21.0 Å². The van der Waals surface area contributed by atoms with Crippen LogP contribution in [0.2, 0.25) is 5.02 Å². The second-order valence-corrected chi connectivity index (χ2v) is 9.47. The number of nitriles is 1. The highest BCUT2D eigenvalue weighted by Gasteiger charge is 2.61. The Labute approximate surface area is 221 Å². The zero-order valence-electron chi connectivity index (χ0n) is 20.0. The van der Waals surface area contributed by atoms with Gasteiger partial charge in [-0.3, -0.25) is 4.79 Å². The molecule has 0 bridgehead atoms. The molecule has 0 saturated carbocycles. The normalized spacial score (nSPS) is 17.8.